The van der Waals surface area contributed by atoms with E-state index in [1.165, 1.54) is 22.5 Å². The molecule has 0 bridgehead atoms. The highest BCUT2D eigenvalue weighted by atomic mass is 79.9. The zero-order valence-electron chi connectivity index (χ0n) is 12.7. The van der Waals surface area contributed by atoms with Crippen LogP contribution in [0.5, 0.6) is 0 Å². The van der Waals surface area contributed by atoms with Crippen LogP contribution in [-0.2, 0) is 12.0 Å². The highest BCUT2D eigenvalue weighted by Crippen LogP contribution is 2.27. The van der Waals surface area contributed by atoms with Crippen molar-refractivity contribution in [3.8, 4) is 0 Å². The van der Waals surface area contributed by atoms with Crippen molar-refractivity contribution in [1.29, 1.82) is 0 Å². The Bertz CT molecular complexity index is 588. The van der Waals surface area contributed by atoms with Gasteiger partial charge < -0.3 is 5.32 Å². The predicted molar refractivity (Wildman–Crippen MR) is 91.8 cm³/mol. The zero-order chi connectivity index (χ0) is 14.9. The minimum Gasteiger partial charge on any atom is -0.378 e. The van der Waals surface area contributed by atoms with Crippen molar-refractivity contribution in [2.45, 2.75) is 46.6 Å². The van der Waals surface area contributed by atoms with Crippen LogP contribution in [0.4, 0.5) is 5.69 Å². The van der Waals surface area contributed by atoms with Crippen LogP contribution in [0.2, 0.25) is 0 Å². The molecule has 0 atom stereocenters. The number of aryl methyl sites for hydroxylation is 2. The van der Waals surface area contributed by atoms with Crippen molar-refractivity contribution in [2.24, 2.45) is 0 Å². The Hall–Kier alpha value is -0.870. The maximum absolute atomic E-state index is 4.72. The van der Waals surface area contributed by atoms with Crippen LogP contribution in [0.3, 0.4) is 0 Å². The van der Waals surface area contributed by atoms with Gasteiger partial charge in [0, 0.05) is 21.0 Å². The molecule has 1 aromatic carbocycles. The van der Waals surface area contributed by atoms with Crippen LogP contribution in [0, 0.1) is 13.8 Å². The standard InChI is InChI=1S/C16H21BrN2S/c1-10-6-12(17)7-11(2)15(10)18-8-14-19-13(9-20-14)16(3,4)5/h6-7,9,18H,8H2,1-5H3. The van der Waals surface area contributed by atoms with Crippen molar-refractivity contribution in [2.75, 3.05) is 5.32 Å². The fraction of sp³-hybridized carbons (Fsp3) is 0.438. The number of anilines is 1. The van der Waals surface area contributed by atoms with Gasteiger partial charge >= 0.3 is 0 Å². The molecule has 0 saturated heterocycles. The lowest BCUT2D eigenvalue weighted by Gasteiger charge is -2.14. The van der Waals surface area contributed by atoms with E-state index >= 15 is 0 Å². The molecule has 4 heteroatoms. The summed E-state index contributed by atoms with van der Waals surface area (Å²) in [5.41, 5.74) is 5.01. The molecule has 1 aromatic heterocycles. The van der Waals surface area contributed by atoms with E-state index < -0.39 is 0 Å². The van der Waals surface area contributed by atoms with Gasteiger partial charge in [0.15, 0.2) is 0 Å². The first-order valence-corrected chi connectivity index (χ1v) is 8.40. The Kier molecular flexibility index (Phi) is 4.55. The molecule has 0 aliphatic carbocycles. The fourth-order valence-corrected chi connectivity index (χ4v) is 3.74. The zero-order valence-corrected chi connectivity index (χ0v) is 15.1. The summed E-state index contributed by atoms with van der Waals surface area (Å²) in [6, 6.07) is 4.27. The summed E-state index contributed by atoms with van der Waals surface area (Å²) in [6.45, 7) is 11.6. The summed E-state index contributed by atoms with van der Waals surface area (Å²) in [7, 11) is 0. The van der Waals surface area contributed by atoms with E-state index in [0.717, 1.165) is 16.0 Å². The van der Waals surface area contributed by atoms with Gasteiger partial charge in [-0.1, -0.05) is 36.7 Å². The predicted octanol–water partition coefficient (Wildman–Crippen LogP) is 5.43. The first-order valence-electron chi connectivity index (χ1n) is 6.73. The average Bonchev–Trinajstić information content (AvgIpc) is 2.75. The molecule has 0 fully saturated rings. The van der Waals surface area contributed by atoms with Gasteiger partial charge in [-0.15, -0.1) is 11.3 Å². The van der Waals surface area contributed by atoms with E-state index in [1.807, 2.05) is 0 Å². The lowest BCUT2D eigenvalue weighted by molar-refractivity contribution is 0.571. The summed E-state index contributed by atoms with van der Waals surface area (Å²) < 4.78 is 1.13. The molecule has 2 rings (SSSR count). The SMILES string of the molecule is Cc1cc(Br)cc(C)c1NCc1nc(C(C)(C)C)cs1. The largest absolute Gasteiger partial charge is 0.378 e. The van der Waals surface area contributed by atoms with Crippen molar-refractivity contribution in [3.63, 3.8) is 0 Å². The van der Waals surface area contributed by atoms with Crippen molar-refractivity contribution < 1.29 is 0 Å². The van der Waals surface area contributed by atoms with Gasteiger partial charge in [-0.2, -0.15) is 0 Å². The van der Waals surface area contributed by atoms with Gasteiger partial charge in [0.05, 0.1) is 12.2 Å². The van der Waals surface area contributed by atoms with Crippen molar-refractivity contribution in [3.05, 3.63) is 43.8 Å². The molecule has 0 aliphatic heterocycles. The number of rotatable bonds is 3. The summed E-state index contributed by atoms with van der Waals surface area (Å²) in [5.74, 6) is 0. The van der Waals surface area contributed by atoms with Crippen LogP contribution in [0.15, 0.2) is 22.0 Å². The van der Waals surface area contributed by atoms with E-state index in [1.54, 1.807) is 11.3 Å². The van der Waals surface area contributed by atoms with Crippen LogP contribution in [0.25, 0.3) is 0 Å². The molecule has 0 aliphatic rings. The number of nitrogens with one attached hydrogen (secondary N) is 1. The second kappa shape index (κ2) is 5.86. The van der Waals surface area contributed by atoms with Gasteiger partial charge in [0.25, 0.3) is 0 Å². The summed E-state index contributed by atoms with van der Waals surface area (Å²) in [5, 5.41) is 6.82. The van der Waals surface area contributed by atoms with Gasteiger partial charge in [-0.3, -0.25) is 0 Å². The maximum Gasteiger partial charge on any atom is 0.112 e. The molecule has 0 spiro atoms. The van der Waals surface area contributed by atoms with Crippen LogP contribution < -0.4 is 5.32 Å². The number of nitrogens with zero attached hydrogens (tertiary/aromatic N) is 1. The molecule has 0 radical (unpaired) electrons. The Labute approximate surface area is 133 Å². The Morgan fingerprint density at radius 2 is 1.80 bits per heavy atom. The number of hydrogen-bond acceptors (Lipinski definition) is 3. The minimum absolute atomic E-state index is 0.123. The fourth-order valence-electron chi connectivity index (χ4n) is 2.09. The van der Waals surface area contributed by atoms with Crippen LogP contribution in [0.1, 0.15) is 42.6 Å². The maximum atomic E-state index is 4.72. The van der Waals surface area contributed by atoms with Gasteiger partial charge in [0.1, 0.15) is 5.01 Å². The molecule has 0 saturated carbocycles. The first-order chi connectivity index (χ1) is 9.27. The van der Waals surface area contributed by atoms with Crippen LogP contribution in [-0.4, -0.2) is 4.98 Å². The number of thiazole rings is 1. The van der Waals surface area contributed by atoms with Gasteiger partial charge in [0.2, 0.25) is 0 Å². The van der Waals surface area contributed by atoms with Gasteiger partial charge in [-0.05, 0) is 37.1 Å². The molecule has 2 aromatic rings. The monoisotopic (exact) mass is 352 g/mol. The van der Waals surface area contributed by atoms with Crippen LogP contribution >= 0.6 is 27.3 Å². The van der Waals surface area contributed by atoms with E-state index in [2.05, 4.69) is 73.4 Å². The summed E-state index contributed by atoms with van der Waals surface area (Å²) in [4.78, 5) is 4.72. The molecule has 108 valence electrons. The van der Waals surface area contributed by atoms with Crippen molar-refractivity contribution >= 4 is 33.0 Å². The molecule has 20 heavy (non-hydrogen) atoms. The van der Waals surface area contributed by atoms with Gasteiger partial charge in [-0.25, -0.2) is 4.98 Å². The lowest BCUT2D eigenvalue weighted by atomic mass is 9.93. The summed E-state index contributed by atoms with van der Waals surface area (Å²) >= 11 is 5.26. The molecular formula is C16H21BrN2S. The number of aromatic nitrogens is 1. The molecule has 0 amide bonds. The third kappa shape index (κ3) is 3.61. The lowest BCUT2D eigenvalue weighted by Crippen LogP contribution is -2.12. The highest BCUT2D eigenvalue weighted by Gasteiger charge is 2.17. The quantitative estimate of drug-likeness (QED) is 0.796. The number of halogens is 1. The molecule has 1 N–H and O–H groups in total. The van der Waals surface area contributed by atoms with E-state index in [-0.39, 0.29) is 5.41 Å². The molecule has 0 unspecified atom stereocenters. The third-order valence-corrected chi connectivity index (χ3v) is 4.54. The van der Waals surface area contributed by atoms with E-state index in [0.29, 0.717) is 0 Å². The van der Waals surface area contributed by atoms with E-state index in [9.17, 15) is 0 Å². The molecule has 2 nitrogen and oxygen atoms in total. The highest BCUT2D eigenvalue weighted by molar-refractivity contribution is 9.10. The smallest absolute Gasteiger partial charge is 0.112 e. The Morgan fingerprint density at radius 3 is 2.30 bits per heavy atom. The van der Waals surface area contributed by atoms with E-state index in [4.69, 9.17) is 4.98 Å². The minimum atomic E-state index is 0.123. The molecule has 1 heterocycles. The number of benzene rings is 1. The second-order valence-corrected chi connectivity index (χ2v) is 8.00. The van der Waals surface area contributed by atoms with Crippen molar-refractivity contribution in [1.82, 2.24) is 4.98 Å². The second-order valence-electron chi connectivity index (χ2n) is 6.14. The Morgan fingerprint density at radius 1 is 1.20 bits per heavy atom. The third-order valence-electron chi connectivity index (χ3n) is 3.23. The number of hydrogen-bond donors (Lipinski definition) is 1. The average molecular weight is 353 g/mol. The first kappa shape index (κ1) is 15.5. The normalized spacial score (nSPS) is 11.7. The molecular weight excluding hydrogens is 332 g/mol. The summed E-state index contributed by atoms with van der Waals surface area (Å²) in [6.07, 6.45) is 0. The topological polar surface area (TPSA) is 24.9 Å². The Balaban J connectivity index is 2.12.